The summed E-state index contributed by atoms with van der Waals surface area (Å²) in [4.78, 5) is 0. The smallest absolute Gasteiger partial charge is 0.126 e. The SMILES string of the molecule is CC1=CC2OC3C(O)CC(C)(C34CO4)C2(CO)C(O)C1. The molecule has 5 nitrogen and oxygen atoms in total. The number of rotatable bonds is 1. The monoisotopic (exact) mass is 282 g/mol. The molecule has 4 rings (SSSR count). The Labute approximate surface area is 118 Å². The molecule has 3 fully saturated rings. The van der Waals surface area contributed by atoms with Crippen LogP contribution in [0, 0.1) is 10.8 Å². The van der Waals surface area contributed by atoms with Gasteiger partial charge in [-0.2, -0.15) is 0 Å². The molecule has 3 N–H and O–H groups in total. The van der Waals surface area contributed by atoms with Crippen LogP contribution >= 0.6 is 0 Å². The normalized spacial score (nSPS) is 60.4. The van der Waals surface area contributed by atoms with Gasteiger partial charge in [0.25, 0.3) is 0 Å². The van der Waals surface area contributed by atoms with Crippen molar-refractivity contribution in [2.75, 3.05) is 13.2 Å². The first-order chi connectivity index (χ1) is 9.41. The number of aliphatic hydroxyl groups is 3. The van der Waals surface area contributed by atoms with E-state index in [0.29, 0.717) is 19.4 Å². The third-order valence-electron chi connectivity index (χ3n) is 6.45. The van der Waals surface area contributed by atoms with Crippen LogP contribution in [0.25, 0.3) is 0 Å². The summed E-state index contributed by atoms with van der Waals surface area (Å²) in [5, 5.41) is 31.3. The molecule has 4 aliphatic rings. The summed E-state index contributed by atoms with van der Waals surface area (Å²) in [6.45, 7) is 4.37. The van der Waals surface area contributed by atoms with Crippen molar-refractivity contribution in [3.63, 3.8) is 0 Å². The summed E-state index contributed by atoms with van der Waals surface area (Å²) in [5.74, 6) is 0. The van der Waals surface area contributed by atoms with Crippen LogP contribution in [-0.4, -0.2) is 58.6 Å². The summed E-state index contributed by atoms with van der Waals surface area (Å²) >= 11 is 0. The molecule has 0 amide bonds. The molecule has 2 aliphatic carbocycles. The summed E-state index contributed by atoms with van der Waals surface area (Å²) in [7, 11) is 0. The van der Waals surface area contributed by atoms with E-state index in [2.05, 4.69) is 0 Å². The maximum absolute atomic E-state index is 10.7. The van der Waals surface area contributed by atoms with Gasteiger partial charge in [-0.3, -0.25) is 0 Å². The zero-order valence-electron chi connectivity index (χ0n) is 11.9. The first-order valence-electron chi connectivity index (χ1n) is 7.35. The van der Waals surface area contributed by atoms with E-state index in [-0.39, 0.29) is 18.8 Å². The highest BCUT2D eigenvalue weighted by Crippen LogP contribution is 2.71. The molecule has 20 heavy (non-hydrogen) atoms. The summed E-state index contributed by atoms with van der Waals surface area (Å²) in [6, 6.07) is 0. The van der Waals surface area contributed by atoms with E-state index in [1.165, 1.54) is 0 Å². The van der Waals surface area contributed by atoms with Crippen molar-refractivity contribution in [3.8, 4) is 0 Å². The molecule has 1 saturated carbocycles. The molecule has 2 bridgehead atoms. The maximum atomic E-state index is 10.7. The molecule has 2 heterocycles. The summed E-state index contributed by atoms with van der Waals surface area (Å²) in [6.07, 6.45) is 1.04. The molecule has 0 radical (unpaired) electrons. The van der Waals surface area contributed by atoms with E-state index in [9.17, 15) is 15.3 Å². The van der Waals surface area contributed by atoms with Crippen molar-refractivity contribution in [1.82, 2.24) is 0 Å². The van der Waals surface area contributed by atoms with E-state index in [0.717, 1.165) is 5.57 Å². The van der Waals surface area contributed by atoms with Crippen LogP contribution in [0.4, 0.5) is 0 Å². The molecule has 7 unspecified atom stereocenters. The second-order valence-corrected chi connectivity index (χ2v) is 7.19. The molecule has 1 spiro atoms. The zero-order chi connectivity index (χ0) is 14.3. The molecule has 2 saturated heterocycles. The molecule has 0 aromatic carbocycles. The molecule has 0 aromatic rings. The van der Waals surface area contributed by atoms with Gasteiger partial charge in [-0.25, -0.2) is 0 Å². The van der Waals surface area contributed by atoms with Crippen molar-refractivity contribution in [1.29, 1.82) is 0 Å². The van der Waals surface area contributed by atoms with Gasteiger partial charge in [0.15, 0.2) is 0 Å². The molecule has 112 valence electrons. The Bertz CT molecular complexity index is 485. The highest BCUT2D eigenvalue weighted by Gasteiger charge is 2.82. The van der Waals surface area contributed by atoms with Gasteiger partial charge in [-0.05, 0) is 19.8 Å². The van der Waals surface area contributed by atoms with E-state index < -0.39 is 28.6 Å². The lowest BCUT2D eigenvalue weighted by molar-refractivity contribution is -0.248. The largest absolute Gasteiger partial charge is 0.396 e. The first-order valence-corrected chi connectivity index (χ1v) is 7.35. The second-order valence-electron chi connectivity index (χ2n) is 7.19. The van der Waals surface area contributed by atoms with Gasteiger partial charge in [0, 0.05) is 5.41 Å². The number of hydrogen-bond acceptors (Lipinski definition) is 5. The quantitative estimate of drug-likeness (QED) is 0.465. The van der Waals surface area contributed by atoms with Crippen molar-refractivity contribution in [2.24, 2.45) is 10.8 Å². The van der Waals surface area contributed by atoms with Crippen LogP contribution in [-0.2, 0) is 9.47 Å². The minimum atomic E-state index is -0.795. The molecule has 5 heteroatoms. The predicted octanol–water partition coefficient (Wildman–Crippen LogP) is -0.0167. The molecule has 7 atom stereocenters. The topological polar surface area (TPSA) is 82.5 Å². The fraction of sp³-hybridized carbons (Fsp3) is 0.867. The van der Waals surface area contributed by atoms with Crippen LogP contribution in [0.5, 0.6) is 0 Å². The highest BCUT2D eigenvalue weighted by atomic mass is 16.6. The van der Waals surface area contributed by atoms with E-state index in [1.807, 2.05) is 19.9 Å². The van der Waals surface area contributed by atoms with Gasteiger partial charge < -0.3 is 24.8 Å². The minimum Gasteiger partial charge on any atom is -0.396 e. The second kappa shape index (κ2) is 3.65. The van der Waals surface area contributed by atoms with E-state index in [1.54, 1.807) is 0 Å². The van der Waals surface area contributed by atoms with Crippen LogP contribution in [0.15, 0.2) is 11.6 Å². The average molecular weight is 282 g/mol. The Morgan fingerprint density at radius 3 is 2.70 bits per heavy atom. The van der Waals surface area contributed by atoms with Crippen molar-refractivity contribution < 1.29 is 24.8 Å². The van der Waals surface area contributed by atoms with E-state index >= 15 is 0 Å². The fourth-order valence-corrected chi connectivity index (χ4v) is 5.19. The van der Waals surface area contributed by atoms with Crippen LogP contribution in [0.2, 0.25) is 0 Å². The fourth-order valence-electron chi connectivity index (χ4n) is 5.19. The Kier molecular flexibility index (Phi) is 2.41. The number of ether oxygens (including phenoxy) is 2. The Hall–Kier alpha value is -0.460. The summed E-state index contributed by atoms with van der Waals surface area (Å²) < 4.78 is 11.8. The number of hydrogen-bond donors (Lipinski definition) is 3. The molecular weight excluding hydrogens is 260 g/mol. The lowest BCUT2D eigenvalue weighted by Crippen LogP contribution is -2.68. The minimum absolute atomic E-state index is 0.163. The maximum Gasteiger partial charge on any atom is 0.126 e. The van der Waals surface area contributed by atoms with Gasteiger partial charge in [-0.15, -0.1) is 0 Å². The highest BCUT2D eigenvalue weighted by molar-refractivity contribution is 5.33. The van der Waals surface area contributed by atoms with Gasteiger partial charge in [-0.1, -0.05) is 18.6 Å². The van der Waals surface area contributed by atoms with Crippen molar-refractivity contribution >= 4 is 0 Å². The van der Waals surface area contributed by atoms with Crippen molar-refractivity contribution in [2.45, 2.75) is 56.7 Å². The Morgan fingerprint density at radius 1 is 1.40 bits per heavy atom. The lowest BCUT2D eigenvalue weighted by atomic mass is 9.51. The third-order valence-corrected chi connectivity index (χ3v) is 6.45. The van der Waals surface area contributed by atoms with Gasteiger partial charge in [0.2, 0.25) is 0 Å². The standard InChI is InChI=1S/C15H22O5/c1-8-3-10(18)14(6-16)11(4-8)20-12-9(17)5-13(14,2)15(12)7-19-15/h4,9-12,16-18H,3,5-7H2,1-2H3. The van der Waals surface area contributed by atoms with Crippen LogP contribution < -0.4 is 0 Å². The first kappa shape index (κ1) is 13.2. The van der Waals surface area contributed by atoms with Gasteiger partial charge >= 0.3 is 0 Å². The van der Waals surface area contributed by atoms with E-state index in [4.69, 9.17) is 9.47 Å². The third kappa shape index (κ3) is 1.15. The average Bonchev–Trinajstić information content (AvgIpc) is 3.12. The lowest BCUT2D eigenvalue weighted by Gasteiger charge is -2.59. The summed E-state index contributed by atoms with van der Waals surface area (Å²) in [5.41, 5.74) is -0.738. The number of epoxide rings is 1. The zero-order valence-corrected chi connectivity index (χ0v) is 11.9. The van der Waals surface area contributed by atoms with Gasteiger partial charge in [0.05, 0.1) is 36.9 Å². The Morgan fingerprint density at radius 2 is 2.10 bits per heavy atom. The predicted molar refractivity (Wildman–Crippen MR) is 70.0 cm³/mol. The van der Waals surface area contributed by atoms with Gasteiger partial charge in [0.1, 0.15) is 11.7 Å². The Balaban J connectivity index is 1.91. The van der Waals surface area contributed by atoms with Crippen molar-refractivity contribution in [3.05, 3.63) is 11.6 Å². The molecule has 0 aromatic heterocycles. The number of aliphatic hydroxyl groups excluding tert-OH is 3. The van der Waals surface area contributed by atoms with Crippen LogP contribution in [0.1, 0.15) is 26.7 Å². The molecular formula is C15H22O5. The number of fused-ring (bicyclic) bond motifs is 2. The molecule has 2 aliphatic heterocycles. The van der Waals surface area contributed by atoms with Crippen LogP contribution in [0.3, 0.4) is 0 Å².